The molecule has 25 heavy (non-hydrogen) atoms. The molecule has 2 fully saturated rings. The minimum atomic E-state index is -3.48. The number of amides is 2. The van der Waals surface area contributed by atoms with Crippen molar-refractivity contribution in [3.63, 3.8) is 0 Å². The molecule has 0 bridgehead atoms. The van der Waals surface area contributed by atoms with Gasteiger partial charge in [-0.3, -0.25) is 9.69 Å². The predicted molar refractivity (Wildman–Crippen MR) is 91.7 cm³/mol. The molecule has 0 saturated carbocycles. The van der Waals surface area contributed by atoms with Gasteiger partial charge >= 0.3 is 6.09 Å². The van der Waals surface area contributed by atoms with Crippen LogP contribution in [-0.4, -0.2) is 69.5 Å². The number of thiophene rings is 1. The molecule has 0 aliphatic carbocycles. The van der Waals surface area contributed by atoms with Crippen LogP contribution in [0.2, 0.25) is 0 Å². The zero-order chi connectivity index (χ0) is 17.9. The average molecular weight is 387 g/mol. The van der Waals surface area contributed by atoms with Gasteiger partial charge in [-0.15, -0.1) is 11.3 Å². The maximum atomic E-state index is 12.4. The van der Waals surface area contributed by atoms with Crippen LogP contribution in [0, 0.1) is 5.92 Å². The molecule has 2 aliphatic rings. The minimum Gasteiger partial charge on any atom is -0.448 e. The van der Waals surface area contributed by atoms with Crippen molar-refractivity contribution in [2.45, 2.75) is 17.1 Å². The molecule has 1 aromatic heterocycles. The summed E-state index contributed by atoms with van der Waals surface area (Å²) >= 11 is 1.18. The Kier molecular flexibility index (Phi) is 5.60. The fourth-order valence-corrected chi connectivity index (χ4v) is 5.16. The minimum absolute atomic E-state index is 0.0203. The molecule has 1 aromatic rings. The number of hydrogen-bond acceptors (Lipinski definition) is 6. The number of cyclic esters (lactones) is 1. The van der Waals surface area contributed by atoms with Crippen molar-refractivity contribution in [1.29, 1.82) is 0 Å². The summed E-state index contributed by atoms with van der Waals surface area (Å²) in [7, 11) is -3.48. The normalized spacial score (nSPS) is 21.4. The SMILES string of the molecule is O=C(CN1CCOC1=O)N1CCCC(CNS(=O)(=O)c2cccs2)C1. The zero-order valence-electron chi connectivity index (χ0n) is 13.7. The molecule has 2 amide bonds. The second-order valence-corrected chi connectivity index (χ2v) is 9.11. The summed E-state index contributed by atoms with van der Waals surface area (Å²) < 4.78 is 32.1. The quantitative estimate of drug-likeness (QED) is 0.776. The van der Waals surface area contributed by atoms with Crippen LogP contribution in [0.3, 0.4) is 0 Å². The molecular weight excluding hydrogens is 366 g/mol. The lowest BCUT2D eigenvalue weighted by atomic mass is 9.98. The molecule has 8 nitrogen and oxygen atoms in total. The van der Waals surface area contributed by atoms with E-state index in [1.807, 2.05) is 0 Å². The van der Waals surface area contributed by atoms with Gasteiger partial charge in [-0.2, -0.15) is 0 Å². The first-order chi connectivity index (χ1) is 12.0. The van der Waals surface area contributed by atoms with E-state index >= 15 is 0 Å². The molecule has 10 heteroatoms. The van der Waals surface area contributed by atoms with Gasteiger partial charge in [0.25, 0.3) is 0 Å². The van der Waals surface area contributed by atoms with E-state index in [4.69, 9.17) is 4.74 Å². The Hall–Kier alpha value is -1.65. The smallest absolute Gasteiger partial charge is 0.410 e. The fourth-order valence-electron chi connectivity index (χ4n) is 3.01. The molecule has 2 saturated heterocycles. The Bertz CT molecular complexity index is 720. The third-order valence-electron chi connectivity index (χ3n) is 4.36. The lowest BCUT2D eigenvalue weighted by Crippen LogP contribution is -2.47. The van der Waals surface area contributed by atoms with E-state index in [0.717, 1.165) is 12.8 Å². The van der Waals surface area contributed by atoms with Gasteiger partial charge in [0.1, 0.15) is 17.4 Å². The van der Waals surface area contributed by atoms with Gasteiger partial charge < -0.3 is 9.64 Å². The second kappa shape index (κ2) is 7.71. The number of nitrogens with zero attached hydrogens (tertiary/aromatic N) is 2. The number of rotatable bonds is 6. The summed E-state index contributed by atoms with van der Waals surface area (Å²) in [5.41, 5.74) is 0. The highest BCUT2D eigenvalue weighted by atomic mass is 32.2. The first-order valence-electron chi connectivity index (χ1n) is 8.18. The number of likely N-dealkylation sites (tertiary alicyclic amines) is 1. The summed E-state index contributed by atoms with van der Waals surface area (Å²) in [5.74, 6) is -0.0531. The molecule has 1 atom stereocenters. The van der Waals surface area contributed by atoms with Gasteiger partial charge in [-0.1, -0.05) is 6.07 Å². The Balaban J connectivity index is 1.51. The van der Waals surface area contributed by atoms with E-state index < -0.39 is 16.1 Å². The van der Waals surface area contributed by atoms with Crippen molar-refractivity contribution >= 4 is 33.4 Å². The van der Waals surface area contributed by atoms with Crippen molar-refractivity contribution in [2.24, 2.45) is 5.92 Å². The van der Waals surface area contributed by atoms with Gasteiger partial charge in [-0.25, -0.2) is 17.9 Å². The maximum absolute atomic E-state index is 12.4. The number of carbonyl (C=O) groups excluding carboxylic acids is 2. The van der Waals surface area contributed by atoms with E-state index in [0.29, 0.717) is 37.0 Å². The third kappa shape index (κ3) is 4.50. The van der Waals surface area contributed by atoms with Crippen molar-refractivity contribution in [3.05, 3.63) is 17.5 Å². The maximum Gasteiger partial charge on any atom is 0.410 e. The summed E-state index contributed by atoms with van der Waals surface area (Å²) in [6, 6.07) is 3.27. The van der Waals surface area contributed by atoms with Gasteiger partial charge in [0.2, 0.25) is 15.9 Å². The number of nitrogens with one attached hydrogen (secondary N) is 1. The van der Waals surface area contributed by atoms with E-state index in [9.17, 15) is 18.0 Å². The second-order valence-electron chi connectivity index (χ2n) is 6.17. The predicted octanol–water partition coefficient (Wildman–Crippen LogP) is 0.717. The van der Waals surface area contributed by atoms with E-state index in [2.05, 4.69) is 4.72 Å². The van der Waals surface area contributed by atoms with Gasteiger partial charge in [0.05, 0.1) is 6.54 Å². The lowest BCUT2D eigenvalue weighted by Gasteiger charge is -2.33. The number of sulfonamides is 1. The summed E-state index contributed by atoms with van der Waals surface area (Å²) in [6.07, 6.45) is 1.23. The molecule has 3 heterocycles. The van der Waals surface area contributed by atoms with Crippen LogP contribution in [0.25, 0.3) is 0 Å². The van der Waals surface area contributed by atoms with Gasteiger partial charge in [0.15, 0.2) is 0 Å². The molecule has 1 unspecified atom stereocenters. The van der Waals surface area contributed by atoms with Crippen LogP contribution < -0.4 is 4.72 Å². The Morgan fingerprint density at radius 3 is 2.92 bits per heavy atom. The van der Waals surface area contributed by atoms with Crippen LogP contribution >= 0.6 is 11.3 Å². The fraction of sp³-hybridized carbons (Fsp3) is 0.600. The molecule has 0 spiro atoms. The van der Waals surface area contributed by atoms with Crippen LogP contribution in [0.5, 0.6) is 0 Å². The van der Waals surface area contributed by atoms with Gasteiger partial charge in [0, 0.05) is 19.6 Å². The van der Waals surface area contributed by atoms with Gasteiger partial charge in [-0.05, 0) is 30.2 Å². The summed E-state index contributed by atoms with van der Waals surface area (Å²) in [5, 5.41) is 1.72. The molecular formula is C15H21N3O5S2. The number of piperidine rings is 1. The highest BCUT2D eigenvalue weighted by Gasteiger charge is 2.29. The van der Waals surface area contributed by atoms with E-state index in [1.165, 1.54) is 16.2 Å². The van der Waals surface area contributed by atoms with Crippen molar-refractivity contribution in [2.75, 3.05) is 39.3 Å². The van der Waals surface area contributed by atoms with E-state index in [-0.39, 0.29) is 18.4 Å². The molecule has 0 aromatic carbocycles. The largest absolute Gasteiger partial charge is 0.448 e. The van der Waals surface area contributed by atoms with Crippen LogP contribution in [0.1, 0.15) is 12.8 Å². The van der Waals surface area contributed by atoms with E-state index in [1.54, 1.807) is 22.4 Å². The Labute approximate surface area is 150 Å². The van der Waals surface area contributed by atoms with Crippen molar-refractivity contribution < 1.29 is 22.7 Å². The Morgan fingerprint density at radius 1 is 1.40 bits per heavy atom. The number of hydrogen-bond donors (Lipinski definition) is 1. The van der Waals surface area contributed by atoms with Crippen molar-refractivity contribution in [1.82, 2.24) is 14.5 Å². The molecule has 0 radical (unpaired) electrons. The molecule has 3 rings (SSSR count). The van der Waals surface area contributed by atoms with Crippen molar-refractivity contribution in [3.8, 4) is 0 Å². The summed E-state index contributed by atoms with van der Waals surface area (Å²) in [6.45, 7) is 2.20. The first kappa shape index (κ1) is 18.2. The lowest BCUT2D eigenvalue weighted by molar-refractivity contribution is -0.133. The monoisotopic (exact) mass is 387 g/mol. The van der Waals surface area contributed by atoms with Crippen LogP contribution in [0.4, 0.5) is 4.79 Å². The highest BCUT2D eigenvalue weighted by molar-refractivity contribution is 7.91. The topological polar surface area (TPSA) is 96.0 Å². The highest BCUT2D eigenvalue weighted by Crippen LogP contribution is 2.19. The Morgan fingerprint density at radius 2 is 2.24 bits per heavy atom. The standard InChI is InChI=1S/C15H21N3O5S2/c19-13(11-18-6-7-23-15(18)20)17-5-1-3-12(10-17)9-16-25(21,22)14-4-2-8-24-14/h2,4,8,12,16H,1,3,5-7,9-11H2. The molecule has 1 N–H and O–H groups in total. The number of ether oxygens (including phenoxy) is 1. The average Bonchev–Trinajstić information content (AvgIpc) is 3.26. The zero-order valence-corrected chi connectivity index (χ0v) is 15.4. The molecule has 2 aliphatic heterocycles. The summed E-state index contributed by atoms with van der Waals surface area (Å²) in [4.78, 5) is 26.9. The molecule has 138 valence electrons. The third-order valence-corrected chi connectivity index (χ3v) is 7.19. The number of carbonyl (C=O) groups is 2. The van der Waals surface area contributed by atoms with Crippen LogP contribution in [0.15, 0.2) is 21.7 Å². The van der Waals surface area contributed by atoms with Crippen LogP contribution in [-0.2, 0) is 19.6 Å². The first-order valence-corrected chi connectivity index (χ1v) is 10.5.